The zero-order valence-electron chi connectivity index (χ0n) is 14.5. The fraction of sp³-hybridized carbons (Fsp3) is 0.474. The van der Waals surface area contributed by atoms with Gasteiger partial charge in [-0.1, -0.05) is 6.58 Å². The third-order valence-corrected chi connectivity index (χ3v) is 5.14. The molecule has 1 atom stereocenters. The Bertz CT molecular complexity index is 840. The molecule has 2 aromatic rings. The molecule has 2 aliphatic rings. The lowest BCUT2D eigenvalue weighted by atomic mass is 10.1. The van der Waals surface area contributed by atoms with Crippen LogP contribution >= 0.6 is 0 Å². The minimum atomic E-state index is -0.793. The van der Waals surface area contributed by atoms with Gasteiger partial charge in [0.25, 0.3) is 0 Å². The van der Waals surface area contributed by atoms with Gasteiger partial charge in [-0.25, -0.2) is 9.37 Å². The molecule has 0 bridgehead atoms. The van der Waals surface area contributed by atoms with Crippen molar-refractivity contribution in [3.8, 4) is 0 Å². The predicted molar refractivity (Wildman–Crippen MR) is 97.9 cm³/mol. The van der Waals surface area contributed by atoms with E-state index in [0.29, 0.717) is 18.9 Å². The van der Waals surface area contributed by atoms with Crippen molar-refractivity contribution in [1.29, 1.82) is 0 Å². The number of hydrogen-bond donors (Lipinski definition) is 1. The van der Waals surface area contributed by atoms with Crippen LogP contribution in [0.2, 0.25) is 0 Å². The van der Waals surface area contributed by atoms with Gasteiger partial charge in [-0.2, -0.15) is 0 Å². The van der Waals surface area contributed by atoms with Crippen LogP contribution in [-0.4, -0.2) is 34.7 Å². The van der Waals surface area contributed by atoms with Crippen molar-refractivity contribution in [2.24, 2.45) is 7.05 Å². The largest absolute Gasteiger partial charge is 0.339 e. The van der Waals surface area contributed by atoms with Crippen molar-refractivity contribution in [3.63, 3.8) is 0 Å². The number of alkyl halides is 1. The van der Waals surface area contributed by atoms with Crippen LogP contribution in [0.1, 0.15) is 37.2 Å². The SMILES string of the molecule is C=CC(=O)Nc1cc2nc(N3CCCC(F)C3)n(C)c2cc1C1CC1. The van der Waals surface area contributed by atoms with Crippen molar-refractivity contribution in [1.82, 2.24) is 9.55 Å². The monoisotopic (exact) mass is 342 g/mol. The van der Waals surface area contributed by atoms with Crippen LogP contribution in [0, 0.1) is 0 Å². The van der Waals surface area contributed by atoms with Crippen LogP contribution in [0.4, 0.5) is 16.0 Å². The molecule has 1 saturated heterocycles. The highest BCUT2D eigenvalue weighted by atomic mass is 19.1. The lowest BCUT2D eigenvalue weighted by Gasteiger charge is -2.29. The van der Waals surface area contributed by atoms with Gasteiger partial charge in [0.2, 0.25) is 11.9 Å². The second-order valence-corrected chi connectivity index (χ2v) is 7.05. The molecule has 6 heteroatoms. The maximum Gasteiger partial charge on any atom is 0.247 e. The summed E-state index contributed by atoms with van der Waals surface area (Å²) in [5.74, 6) is 1.08. The number of carbonyl (C=O) groups is 1. The molecule has 0 radical (unpaired) electrons. The van der Waals surface area contributed by atoms with Gasteiger partial charge in [0.15, 0.2) is 0 Å². The van der Waals surface area contributed by atoms with Gasteiger partial charge >= 0.3 is 0 Å². The van der Waals surface area contributed by atoms with Crippen LogP contribution in [0.25, 0.3) is 11.0 Å². The molecule has 1 aromatic heterocycles. The number of hydrogen-bond acceptors (Lipinski definition) is 3. The molecule has 1 aliphatic carbocycles. The number of fused-ring (bicyclic) bond motifs is 1. The van der Waals surface area contributed by atoms with Crippen molar-refractivity contribution in [3.05, 3.63) is 30.4 Å². The van der Waals surface area contributed by atoms with E-state index in [4.69, 9.17) is 4.98 Å². The highest BCUT2D eigenvalue weighted by Crippen LogP contribution is 2.45. The van der Waals surface area contributed by atoms with Crippen LogP contribution in [0.5, 0.6) is 0 Å². The number of nitrogens with zero attached hydrogens (tertiary/aromatic N) is 3. The Morgan fingerprint density at radius 2 is 2.20 bits per heavy atom. The van der Waals surface area contributed by atoms with Crippen molar-refractivity contribution < 1.29 is 9.18 Å². The number of anilines is 2. The molecule has 1 saturated carbocycles. The number of carbonyl (C=O) groups excluding carboxylic acids is 1. The molecule has 1 aliphatic heterocycles. The molecule has 2 heterocycles. The zero-order chi connectivity index (χ0) is 17.6. The molecule has 0 spiro atoms. The molecule has 132 valence electrons. The summed E-state index contributed by atoms with van der Waals surface area (Å²) in [6, 6.07) is 4.06. The summed E-state index contributed by atoms with van der Waals surface area (Å²) < 4.78 is 15.8. The van der Waals surface area contributed by atoms with E-state index in [9.17, 15) is 9.18 Å². The van der Waals surface area contributed by atoms with Crippen molar-refractivity contribution in [2.75, 3.05) is 23.3 Å². The molecule has 2 fully saturated rings. The number of imidazole rings is 1. The molecule has 5 nitrogen and oxygen atoms in total. The Kier molecular flexibility index (Phi) is 3.98. The number of halogens is 1. The van der Waals surface area contributed by atoms with E-state index >= 15 is 0 Å². The number of amides is 1. The molecule has 1 N–H and O–H groups in total. The van der Waals surface area contributed by atoms with Crippen LogP contribution in [0.3, 0.4) is 0 Å². The summed E-state index contributed by atoms with van der Waals surface area (Å²) in [7, 11) is 1.98. The lowest BCUT2D eigenvalue weighted by Crippen LogP contribution is -2.37. The lowest BCUT2D eigenvalue weighted by molar-refractivity contribution is -0.111. The van der Waals surface area contributed by atoms with Crippen LogP contribution < -0.4 is 10.2 Å². The van der Waals surface area contributed by atoms with E-state index in [2.05, 4.69) is 18.0 Å². The smallest absolute Gasteiger partial charge is 0.247 e. The van der Waals surface area contributed by atoms with Crippen LogP contribution in [0.15, 0.2) is 24.8 Å². The maximum atomic E-state index is 13.8. The third-order valence-electron chi connectivity index (χ3n) is 5.14. The molecule has 1 unspecified atom stereocenters. The number of nitrogens with one attached hydrogen (secondary N) is 1. The molecule has 4 rings (SSSR count). The quantitative estimate of drug-likeness (QED) is 0.865. The normalized spacial score (nSPS) is 20.7. The first-order chi connectivity index (χ1) is 12.1. The van der Waals surface area contributed by atoms with E-state index < -0.39 is 6.17 Å². The van der Waals surface area contributed by atoms with E-state index in [0.717, 1.165) is 54.0 Å². The minimum Gasteiger partial charge on any atom is -0.339 e. The van der Waals surface area contributed by atoms with Gasteiger partial charge in [-0.15, -0.1) is 0 Å². The fourth-order valence-corrected chi connectivity index (χ4v) is 3.66. The fourth-order valence-electron chi connectivity index (χ4n) is 3.66. The van der Waals surface area contributed by atoms with Gasteiger partial charge in [0.1, 0.15) is 6.17 Å². The molecular weight excluding hydrogens is 319 g/mol. The first-order valence-corrected chi connectivity index (χ1v) is 8.89. The van der Waals surface area contributed by atoms with Gasteiger partial charge in [-0.05, 0) is 55.4 Å². The Morgan fingerprint density at radius 3 is 2.88 bits per heavy atom. The Morgan fingerprint density at radius 1 is 1.40 bits per heavy atom. The summed E-state index contributed by atoms with van der Waals surface area (Å²) in [6.07, 6.45) is 4.24. The first kappa shape index (κ1) is 16.1. The summed E-state index contributed by atoms with van der Waals surface area (Å²) in [4.78, 5) is 18.5. The third kappa shape index (κ3) is 3.01. The first-order valence-electron chi connectivity index (χ1n) is 8.89. The summed E-state index contributed by atoms with van der Waals surface area (Å²) in [6.45, 7) is 4.74. The molecule has 1 aromatic carbocycles. The van der Waals surface area contributed by atoms with E-state index in [1.54, 1.807) is 0 Å². The topological polar surface area (TPSA) is 50.2 Å². The van der Waals surface area contributed by atoms with E-state index in [1.807, 2.05) is 22.6 Å². The average molecular weight is 342 g/mol. The molecule has 1 amide bonds. The number of rotatable bonds is 4. The van der Waals surface area contributed by atoms with E-state index in [-0.39, 0.29) is 5.91 Å². The summed E-state index contributed by atoms with van der Waals surface area (Å²) in [5, 5.41) is 2.91. The number of piperidine rings is 1. The summed E-state index contributed by atoms with van der Waals surface area (Å²) in [5.41, 5.74) is 3.81. The number of benzene rings is 1. The average Bonchev–Trinajstić information content (AvgIpc) is 3.39. The van der Waals surface area contributed by atoms with Gasteiger partial charge < -0.3 is 14.8 Å². The number of aryl methyl sites for hydroxylation is 1. The van der Waals surface area contributed by atoms with Crippen molar-refractivity contribution in [2.45, 2.75) is 37.8 Å². The molecule has 25 heavy (non-hydrogen) atoms. The highest BCUT2D eigenvalue weighted by Gasteiger charge is 2.29. The van der Waals surface area contributed by atoms with E-state index in [1.165, 1.54) is 6.08 Å². The van der Waals surface area contributed by atoms with Crippen LogP contribution in [-0.2, 0) is 11.8 Å². The Balaban J connectivity index is 1.76. The highest BCUT2D eigenvalue weighted by molar-refractivity contribution is 6.01. The van der Waals surface area contributed by atoms with Gasteiger partial charge in [0.05, 0.1) is 17.6 Å². The zero-order valence-corrected chi connectivity index (χ0v) is 14.5. The molecular formula is C19H23FN4O. The van der Waals surface area contributed by atoms with Crippen molar-refractivity contribution >= 4 is 28.6 Å². The number of aromatic nitrogens is 2. The second kappa shape index (κ2) is 6.17. The Labute approximate surface area is 146 Å². The standard InChI is InChI=1S/C19H23FN4O/c1-3-18(25)21-15-10-16-17(9-14(15)12-6-7-12)23(2)19(22-16)24-8-4-5-13(20)11-24/h3,9-10,12-13H,1,4-8,11H2,2H3,(H,21,25). The van der Waals surface area contributed by atoms with Gasteiger partial charge in [-0.3, -0.25) is 4.79 Å². The van der Waals surface area contributed by atoms with Gasteiger partial charge in [0, 0.05) is 19.3 Å². The Hall–Kier alpha value is -2.37. The predicted octanol–water partition coefficient (Wildman–Crippen LogP) is 3.51. The minimum absolute atomic E-state index is 0.214. The maximum absolute atomic E-state index is 13.8. The second-order valence-electron chi connectivity index (χ2n) is 7.05. The summed E-state index contributed by atoms with van der Waals surface area (Å²) >= 11 is 0.